The molecule has 1 heterocycles. The zero-order valence-corrected chi connectivity index (χ0v) is 12.2. The third kappa shape index (κ3) is 3.18. The average Bonchev–Trinajstić information content (AvgIpc) is 2.69. The second kappa shape index (κ2) is 5.65. The summed E-state index contributed by atoms with van der Waals surface area (Å²) in [5.74, 6) is 0.258. The van der Waals surface area contributed by atoms with Gasteiger partial charge >= 0.3 is 5.97 Å². The van der Waals surface area contributed by atoms with Crippen molar-refractivity contribution in [1.29, 1.82) is 0 Å². The van der Waals surface area contributed by atoms with Crippen molar-refractivity contribution in [3.05, 3.63) is 29.3 Å². The van der Waals surface area contributed by atoms with Gasteiger partial charge in [-0.05, 0) is 32.4 Å². The summed E-state index contributed by atoms with van der Waals surface area (Å²) in [5.41, 5.74) is 1.34. The van der Waals surface area contributed by atoms with Crippen LogP contribution in [-0.2, 0) is 16.0 Å². The summed E-state index contributed by atoms with van der Waals surface area (Å²) in [6, 6.07) is 5.60. The lowest BCUT2D eigenvalue weighted by atomic mass is 9.98. The fourth-order valence-corrected chi connectivity index (χ4v) is 2.42. The van der Waals surface area contributed by atoms with Gasteiger partial charge in [0.1, 0.15) is 11.4 Å². The molecule has 2 rings (SSSR count). The molecule has 1 aromatic carbocycles. The van der Waals surface area contributed by atoms with Crippen LogP contribution in [0.15, 0.2) is 18.2 Å². The number of ether oxygens (including phenoxy) is 2. The molecule has 4 heteroatoms. The van der Waals surface area contributed by atoms with Crippen molar-refractivity contribution in [2.24, 2.45) is 0 Å². The number of fused-ring (bicyclic) bond motifs is 1. The van der Waals surface area contributed by atoms with Gasteiger partial charge in [0, 0.05) is 12.8 Å². The van der Waals surface area contributed by atoms with Gasteiger partial charge in [-0.1, -0.05) is 12.1 Å². The van der Waals surface area contributed by atoms with E-state index in [2.05, 4.69) is 0 Å². The fraction of sp³-hybridized carbons (Fsp3) is 0.500. The van der Waals surface area contributed by atoms with E-state index in [1.165, 1.54) is 0 Å². The van der Waals surface area contributed by atoms with E-state index < -0.39 is 0 Å². The maximum Gasteiger partial charge on any atom is 0.306 e. The van der Waals surface area contributed by atoms with Gasteiger partial charge in [0.15, 0.2) is 5.78 Å². The Balaban J connectivity index is 2.09. The zero-order valence-electron chi connectivity index (χ0n) is 12.2. The highest BCUT2D eigenvalue weighted by molar-refractivity contribution is 6.00. The lowest BCUT2D eigenvalue weighted by Gasteiger charge is -2.18. The number of hydrogen-bond donors (Lipinski definition) is 0. The molecular weight excluding hydrogens is 256 g/mol. The lowest BCUT2D eigenvalue weighted by Crippen LogP contribution is -2.25. The third-order valence-corrected chi connectivity index (χ3v) is 3.25. The number of esters is 1. The van der Waals surface area contributed by atoms with E-state index in [0.29, 0.717) is 17.9 Å². The first-order valence-corrected chi connectivity index (χ1v) is 6.92. The fourth-order valence-electron chi connectivity index (χ4n) is 2.42. The molecule has 1 aromatic rings. The van der Waals surface area contributed by atoms with E-state index in [4.69, 9.17) is 9.47 Å². The molecule has 108 valence electrons. The molecule has 20 heavy (non-hydrogen) atoms. The number of ketones is 1. The van der Waals surface area contributed by atoms with Crippen molar-refractivity contribution in [2.45, 2.75) is 45.6 Å². The molecule has 0 aromatic heterocycles. The molecular formula is C16H20O4. The third-order valence-electron chi connectivity index (χ3n) is 3.25. The van der Waals surface area contributed by atoms with Crippen molar-refractivity contribution in [3.63, 3.8) is 0 Å². The molecule has 0 atom stereocenters. The van der Waals surface area contributed by atoms with Crippen molar-refractivity contribution in [2.75, 3.05) is 6.61 Å². The topological polar surface area (TPSA) is 52.6 Å². The number of hydrogen-bond acceptors (Lipinski definition) is 4. The number of benzene rings is 1. The van der Waals surface area contributed by atoms with E-state index in [0.717, 1.165) is 12.0 Å². The smallest absolute Gasteiger partial charge is 0.306 e. The van der Waals surface area contributed by atoms with Crippen LogP contribution in [0.3, 0.4) is 0 Å². The Morgan fingerprint density at radius 1 is 1.30 bits per heavy atom. The molecule has 0 amide bonds. The van der Waals surface area contributed by atoms with Crippen LogP contribution in [0.4, 0.5) is 0 Å². The Morgan fingerprint density at radius 3 is 2.75 bits per heavy atom. The number of rotatable bonds is 5. The highest BCUT2D eigenvalue weighted by Gasteiger charge is 2.32. The minimum absolute atomic E-state index is 0.0763. The highest BCUT2D eigenvalue weighted by atomic mass is 16.5. The normalized spacial score (nSPS) is 15.3. The first-order chi connectivity index (χ1) is 9.43. The van der Waals surface area contributed by atoms with Crippen molar-refractivity contribution in [3.8, 4) is 5.75 Å². The van der Waals surface area contributed by atoms with Gasteiger partial charge in [0.2, 0.25) is 0 Å². The maximum atomic E-state index is 12.2. The van der Waals surface area contributed by atoms with Crippen LogP contribution in [0.25, 0.3) is 0 Å². The van der Waals surface area contributed by atoms with Crippen LogP contribution in [0.1, 0.15) is 49.5 Å². The Kier molecular flexibility index (Phi) is 4.12. The van der Waals surface area contributed by atoms with Crippen molar-refractivity contribution >= 4 is 11.8 Å². The molecule has 1 aliphatic rings. The molecule has 0 fully saturated rings. The lowest BCUT2D eigenvalue weighted by molar-refractivity contribution is -0.143. The van der Waals surface area contributed by atoms with Crippen LogP contribution in [0.2, 0.25) is 0 Å². The Labute approximate surface area is 119 Å². The van der Waals surface area contributed by atoms with Crippen molar-refractivity contribution in [1.82, 2.24) is 0 Å². The molecule has 0 radical (unpaired) electrons. The van der Waals surface area contributed by atoms with Gasteiger partial charge in [-0.15, -0.1) is 0 Å². The molecule has 0 aliphatic carbocycles. The van der Waals surface area contributed by atoms with Crippen molar-refractivity contribution < 1.29 is 19.1 Å². The SMILES string of the molecule is CCOC(=O)CCC(=O)c1cccc2c1OC(C)(C)C2. The van der Waals surface area contributed by atoms with Crippen LogP contribution < -0.4 is 4.74 Å². The van der Waals surface area contributed by atoms with Crippen LogP contribution in [0.5, 0.6) is 5.75 Å². The van der Waals surface area contributed by atoms with Gasteiger partial charge in [0.25, 0.3) is 0 Å². The van der Waals surface area contributed by atoms with E-state index in [1.807, 2.05) is 26.0 Å². The molecule has 0 spiro atoms. The molecule has 0 N–H and O–H groups in total. The Hall–Kier alpha value is -1.84. The van der Waals surface area contributed by atoms with E-state index >= 15 is 0 Å². The van der Waals surface area contributed by atoms with E-state index in [9.17, 15) is 9.59 Å². The first-order valence-electron chi connectivity index (χ1n) is 6.92. The minimum Gasteiger partial charge on any atom is -0.486 e. The minimum atomic E-state index is -0.338. The first kappa shape index (κ1) is 14.6. The molecule has 0 saturated carbocycles. The summed E-state index contributed by atoms with van der Waals surface area (Å²) in [6.07, 6.45) is 1.06. The molecule has 0 bridgehead atoms. The van der Waals surface area contributed by atoms with Gasteiger partial charge in [0.05, 0.1) is 18.6 Å². The van der Waals surface area contributed by atoms with Crippen LogP contribution in [0, 0.1) is 0 Å². The number of Topliss-reactive ketones (excluding diaryl/α,β-unsaturated/α-hetero) is 1. The number of para-hydroxylation sites is 1. The second-order valence-electron chi connectivity index (χ2n) is 5.56. The Bertz CT molecular complexity index is 531. The predicted octanol–water partition coefficient (Wildman–Crippen LogP) is 2.93. The van der Waals surface area contributed by atoms with Gasteiger partial charge in [-0.25, -0.2) is 0 Å². The average molecular weight is 276 g/mol. The van der Waals surface area contributed by atoms with Gasteiger partial charge < -0.3 is 9.47 Å². The van der Waals surface area contributed by atoms with E-state index in [1.54, 1.807) is 13.0 Å². The highest BCUT2D eigenvalue weighted by Crippen LogP contribution is 2.38. The molecule has 4 nitrogen and oxygen atoms in total. The summed E-state index contributed by atoms with van der Waals surface area (Å²) in [5, 5.41) is 0. The summed E-state index contributed by atoms with van der Waals surface area (Å²) in [4.78, 5) is 23.5. The van der Waals surface area contributed by atoms with Crippen LogP contribution in [-0.4, -0.2) is 24.0 Å². The monoisotopic (exact) mass is 276 g/mol. The quantitative estimate of drug-likeness (QED) is 0.613. The second-order valence-corrected chi connectivity index (χ2v) is 5.56. The van der Waals surface area contributed by atoms with Crippen LogP contribution >= 0.6 is 0 Å². The number of carbonyl (C=O) groups is 2. The largest absolute Gasteiger partial charge is 0.486 e. The number of carbonyl (C=O) groups excluding carboxylic acids is 2. The molecule has 0 unspecified atom stereocenters. The Morgan fingerprint density at radius 2 is 2.05 bits per heavy atom. The zero-order chi connectivity index (χ0) is 14.8. The standard InChI is InChI=1S/C16H20O4/c1-4-19-14(18)9-8-13(17)12-7-5-6-11-10-16(2,3)20-15(11)12/h5-7H,4,8-10H2,1-3H3. The van der Waals surface area contributed by atoms with E-state index in [-0.39, 0.29) is 30.2 Å². The van der Waals surface area contributed by atoms with Gasteiger partial charge in [-0.2, -0.15) is 0 Å². The van der Waals surface area contributed by atoms with Gasteiger partial charge in [-0.3, -0.25) is 9.59 Å². The summed E-state index contributed by atoms with van der Waals surface area (Å²) < 4.78 is 10.7. The predicted molar refractivity (Wildman–Crippen MR) is 75.1 cm³/mol. The molecule has 1 aliphatic heterocycles. The summed E-state index contributed by atoms with van der Waals surface area (Å²) in [6.45, 7) is 6.09. The summed E-state index contributed by atoms with van der Waals surface area (Å²) in [7, 11) is 0. The molecule has 0 saturated heterocycles. The summed E-state index contributed by atoms with van der Waals surface area (Å²) >= 11 is 0. The maximum absolute atomic E-state index is 12.2.